The standard InChI is InChI=1S/C9H13N3OS2.C5H7NO.C2H6/c1-12(2)9(15)11-8(14)10-6-7-4-3-5-13-7;6-4-5-2-1-3-7-5;1-2/h3-5H,6H2,1-2H3,(H2,10,11,14,15);1-3H,4,6H2;1-2H3. The van der Waals surface area contributed by atoms with Crippen molar-refractivity contribution >= 4 is 34.7 Å². The van der Waals surface area contributed by atoms with E-state index in [-0.39, 0.29) is 0 Å². The number of nitrogens with zero attached hydrogens (tertiary/aromatic N) is 1. The van der Waals surface area contributed by atoms with Gasteiger partial charge in [-0.1, -0.05) is 13.8 Å². The van der Waals surface area contributed by atoms with Crippen LogP contribution < -0.4 is 16.4 Å². The molecule has 0 aliphatic heterocycles. The zero-order valence-corrected chi connectivity index (χ0v) is 16.2. The minimum Gasteiger partial charge on any atom is -0.468 e. The van der Waals surface area contributed by atoms with Crippen LogP contribution in [0, 0.1) is 0 Å². The summed E-state index contributed by atoms with van der Waals surface area (Å²) in [6, 6.07) is 7.38. The molecule has 0 aromatic carbocycles. The molecule has 2 aromatic rings. The average molecular weight is 371 g/mol. The molecule has 8 heteroatoms. The predicted molar refractivity (Wildman–Crippen MR) is 106 cm³/mol. The van der Waals surface area contributed by atoms with Gasteiger partial charge < -0.3 is 30.1 Å². The molecule has 2 aromatic heterocycles. The summed E-state index contributed by atoms with van der Waals surface area (Å²) in [6.45, 7) is 5.04. The molecule has 24 heavy (non-hydrogen) atoms. The zero-order valence-electron chi connectivity index (χ0n) is 14.5. The molecule has 0 atom stereocenters. The summed E-state index contributed by atoms with van der Waals surface area (Å²) in [6.07, 6.45) is 3.24. The number of hydrogen-bond donors (Lipinski definition) is 3. The van der Waals surface area contributed by atoms with E-state index in [9.17, 15) is 0 Å². The van der Waals surface area contributed by atoms with Gasteiger partial charge >= 0.3 is 0 Å². The second-order valence-corrected chi connectivity index (χ2v) is 5.17. The van der Waals surface area contributed by atoms with Crippen LogP contribution in [0.3, 0.4) is 0 Å². The summed E-state index contributed by atoms with van der Waals surface area (Å²) in [4.78, 5) is 1.77. The summed E-state index contributed by atoms with van der Waals surface area (Å²) < 4.78 is 10.0. The second-order valence-electron chi connectivity index (χ2n) is 4.37. The van der Waals surface area contributed by atoms with Crippen LogP contribution in [0.5, 0.6) is 0 Å². The van der Waals surface area contributed by atoms with E-state index >= 15 is 0 Å². The molecule has 0 saturated heterocycles. The molecule has 0 unspecified atom stereocenters. The first-order valence-electron chi connectivity index (χ1n) is 7.54. The molecule has 0 bridgehead atoms. The fraction of sp³-hybridized carbons (Fsp3) is 0.375. The van der Waals surface area contributed by atoms with Crippen molar-refractivity contribution in [2.75, 3.05) is 14.1 Å². The molecule has 134 valence electrons. The van der Waals surface area contributed by atoms with Crippen molar-refractivity contribution in [2.45, 2.75) is 26.9 Å². The maximum atomic E-state index is 5.20. The fourth-order valence-electron chi connectivity index (χ4n) is 1.26. The van der Waals surface area contributed by atoms with Gasteiger partial charge in [0.2, 0.25) is 0 Å². The topological polar surface area (TPSA) is 79.6 Å². The Morgan fingerprint density at radius 2 is 1.62 bits per heavy atom. The lowest BCUT2D eigenvalue weighted by atomic mass is 10.4. The molecule has 0 spiro atoms. The molecular weight excluding hydrogens is 344 g/mol. The smallest absolute Gasteiger partial charge is 0.174 e. The summed E-state index contributed by atoms with van der Waals surface area (Å²) in [5.74, 6) is 1.66. The molecule has 0 fully saturated rings. The van der Waals surface area contributed by atoms with Crippen LogP contribution in [0.25, 0.3) is 0 Å². The van der Waals surface area contributed by atoms with Gasteiger partial charge in [0.1, 0.15) is 11.5 Å². The molecule has 0 amide bonds. The van der Waals surface area contributed by atoms with E-state index < -0.39 is 0 Å². The monoisotopic (exact) mass is 370 g/mol. The Bertz CT molecular complexity index is 555. The summed E-state index contributed by atoms with van der Waals surface area (Å²) in [7, 11) is 3.70. The van der Waals surface area contributed by atoms with E-state index in [4.69, 9.17) is 39.0 Å². The van der Waals surface area contributed by atoms with Crippen molar-refractivity contribution in [3.8, 4) is 0 Å². The van der Waals surface area contributed by atoms with Crippen molar-refractivity contribution < 1.29 is 8.83 Å². The largest absolute Gasteiger partial charge is 0.468 e. The van der Waals surface area contributed by atoms with E-state index in [1.165, 1.54) is 0 Å². The Balaban J connectivity index is 0.000000488. The van der Waals surface area contributed by atoms with Crippen LogP contribution in [0.1, 0.15) is 25.4 Å². The van der Waals surface area contributed by atoms with Gasteiger partial charge in [-0.15, -0.1) is 0 Å². The quantitative estimate of drug-likeness (QED) is 0.712. The Kier molecular flexibility index (Phi) is 12.5. The van der Waals surface area contributed by atoms with E-state index in [2.05, 4.69) is 10.6 Å². The van der Waals surface area contributed by atoms with Crippen LogP contribution in [0.15, 0.2) is 45.6 Å². The van der Waals surface area contributed by atoms with Crippen LogP contribution in [0.4, 0.5) is 0 Å². The third-order valence-electron chi connectivity index (χ3n) is 2.41. The number of furan rings is 2. The number of hydrogen-bond acceptors (Lipinski definition) is 5. The van der Waals surface area contributed by atoms with E-state index in [0.29, 0.717) is 23.3 Å². The number of nitrogens with one attached hydrogen (secondary N) is 2. The van der Waals surface area contributed by atoms with Gasteiger partial charge in [0.05, 0.1) is 25.6 Å². The van der Waals surface area contributed by atoms with Crippen LogP contribution in [-0.2, 0) is 13.1 Å². The summed E-state index contributed by atoms with van der Waals surface area (Å²) >= 11 is 10.1. The number of nitrogens with two attached hydrogens (primary N) is 1. The second kappa shape index (κ2) is 13.5. The Labute approximate surface area is 154 Å². The molecule has 0 radical (unpaired) electrons. The highest BCUT2D eigenvalue weighted by molar-refractivity contribution is 7.81. The van der Waals surface area contributed by atoms with Gasteiger partial charge in [-0.05, 0) is 48.7 Å². The van der Waals surface area contributed by atoms with Gasteiger partial charge in [0.15, 0.2) is 10.2 Å². The molecule has 4 N–H and O–H groups in total. The van der Waals surface area contributed by atoms with Crippen LogP contribution in [-0.4, -0.2) is 29.2 Å². The van der Waals surface area contributed by atoms with Gasteiger partial charge in [-0.2, -0.15) is 0 Å². The van der Waals surface area contributed by atoms with Gasteiger partial charge in [0, 0.05) is 14.1 Å². The molecule has 6 nitrogen and oxygen atoms in total. The maximum absolute atomic E-state index is 5.20. The molecule has 0 aliphatic carbocycles. The minimum atomic E-state index is 0.491. The summed E-state index contributed by atoms with van der Waals surface area (Å²) in [5.41, 5.74) is 5.20. The first kappa shape index (κ1) is 22.1. The van der Waals surface area contributed by atoms with Crippen molar-refractivity contribution in [3.05, 3.63) is 48.3 Å². The molecular formula is C16H26N4O2S2. The lowest BCUT2D eigenvalue weighted by Crippen LogP contribution is -2.43. The predicted octanol–water partition coefficient (Wildman–Crippen LogP) is 2.85. The highest BCUT2D eigenvalue weighted by Crippen LogP contribution is 1.98. The Morgan fingerprint density at radius 3 is 2.00 bits per heavy atom. The van der Waals surface area contributed by atoms with Gasteiger partial charge in [0.25, 0.3) is 0 Å². The van der Waals surface area contributed by atoms with Crippen molar-refractivity contribution in [1.29, 1.82) is 0 Å². The SMILES string of the molecule is CC.CN(C)C(=S)NC(=S)NCc1ccco1.NCc1ccco1. The zero-order chi connectivity index (χ0) is 18.4. The fourth-order valence-corrected chi connectivity index (χ4v) is 1.60. The Morgan fingerprint density at radius 1 is 1.08 bits per heavy atom. The first-order chi connectivity index (χ1) is 11.5. The highest BCUT2D eigenvalue weighted by Gasteiger charge is 2.02. The third-order valence-corrected chi connectivity index (χ3v) is 3.12. The molecule has 0 aliphatic rings. The normalized spacial score (nSPS) is 8.88. The number of thiocarbonyl (C=S) groups is 2. The first-order valence-corrected chi connectivity index (χ1v) is 8.35. The minimum absolute atomic E-state index is 0.491. The van der Waals surface area contributed by atoms with Gasteiger partial charge in [-0.3, -0.25) is 0 Å². The third kappa shape index (κ3) is 9.98. The summed E-state index contributed by atoms with van der Waals surface area (Å²) in [5, 5.41) is 6.93. The van der Waals surface area contributed by atoms with Crippen LogP contribution in [0.2, 0.25) is 0 Å². The maximum Gasteiger partial charge on any atom is 0.174 e. The lowest BCUT2D eigenvalue weighted by molar-refractivity contribution is 0.503. The Hall–Kier alpha value is -1.90. The van der Waals surface area contributed by atoms with Crippen LogP contribution >= 0.6 is 24.4 Å². The van der Waals surface area contributed by atoms with Crippen molar-refractivity contribution in [3.63, 3.8) is 0 Å². The van der Waals surface area contributed by atoms with Gasteiger partial charge in [-0.25, -0.2) is 0 Å². The van der Waals surface area contributed by atoms with E-state index in [1.54, 1.807) is 17.4 Å². The molecule has 2 rings (SSSR count). The van der Waals surface area contributed by atoms with E-state index in [0.717, 1.165) is 11.5 Å². The lowest BCUT2D eigenvalue weighted by Gasteiger charge is -2.16. The van der Waals surface area contributed by atoms with Crippen molar-refractivity contribution in [1.82, 2.24) is 15.5 Å². The van der Waals surface area contributed by atoms with Crippen molar-refractivity contribution in [2.24, 2.45) is 5.73 Å². The average Bonchev–Trinajstić information content (AvgIpc) is 3.28. The number of rotatable bonds is 3. The molecule has 0 saturated carbocycles. The highest BCUT2D eigenvalue weighted by atomic mass is 32.1. The van der Waals surface area contributed by atoms with E-state index in [1.807, 2.05) is 52.2 Å². The molecule has 2 heterocycles.